The van der Waals surface area contributed by atoms with Crippen LogP contribution in [0.5, 0.6) is 23.1 Å². The van der Waals surface area contributed by atoms with Gasteiger partial charge in [0.05, 0.1) is 37.5 Å². The number of amides is 1. The lowest BCUT2D eigenvalue weighted by Crippen LogP contribution is -2.31. The summed E-state index contributed by atoms with van der Waals surface area (Å²) < 4.78 is 16.8. The van der Waals surface area contributed by atoms with Crippen molar-refractivity contribution in [1.82, 2.24) is 19.9 Å². The number of aromatic amines is 1. The number of benzene rings is 1. The number of aromatic nitrogens is 3. The third kappa shape index (κ3) is 4.61. The topological polar surface area (TPSA) is 134 Å². The molecule has 1 aromatic carbocycles. The van der Waals surface area contributed by atoms with Gasteiger partial charge in [-0.25, -0.2) is 9.97 Å². The molecule has 0 atom stereocenters. The van der Waals surface area contributed by atoms with E-state index in [0.717, 1.165) is 0 Å². The van der Waals surface area contributed by atoms with E-state index in [1.165, 1.54) is 26.8 Å². The molecule has 0 aliphatic carbocycles. The van der Waals surface area contributed by atoms with Crippen molar-refractivity contribution in [3.05, 3.63) is 24.0 Å². The molecular formula is C22H26N6O5. The van der Waals surface area contributed by atoms with Gasteiger partial charge in [0.2, 0.25) is 11.7 Å². The third-order valence-corrected chi connectivity index (χ3v) is 5.34. The summed E-state index contributed by atoms with van der Waals surface area (Å²) in [6.45, 7) is 1.28. The first kappa shape index (κ1) is 22.2. The number of hydrogen-bond acceptors (Lipinski definition) is 9. The van der Waals surface area contributed by atoms with E-state index in [9.17, 15) is 9.90 Å². The number of anilines is 1. The molecule has 33 heavy (non-hydrogen) atoms. The summed E-state index contributed by atoms with van der Waals surface area (Å²) in [4.78, 5) is 30.0. The lowest BCUT2D eigenvalue weighted by molar-refractivity contribution is -0.129. The van der Waals surface area contributed by atoms with Crippen molar-refractivity contribution in [2.24, 2.45) is 4.99 Å². The van der Waals surface area contributed by atoms with Crippen LogP contribution in [0.4, 0.5) is 11.5 Å². The van der Waals surface area contributed by atoms with E-state index in [0.29, 0.717) is 77.9 Å². The molecule has 2 aromatic heterocycles. The number of methoxy groups -OCH3 is 2. The molecule has 0 radical (unpaired) electrons. The highest BCUT2D eigenvalue weighted by molar-refractivity contribution is 6.06. The molecule has 1 amide bonds. The maximum atomic E-state index is 12.5. The summed E-state index contributed by atoms with van der Waals surface area (Å²) in [6, 6.07) is 3.42. The van der Waals surface area contributed by atoms with E-state index in [1.54, 1.807) is 24.1 Å². The monoisotopic (exact) mass is 454 g/mol. The average molecular weight is 454 g/mol. The summed E-state index contributed by atoms with van der Waals surface area (Å²) in [5.41, 5.74) is 1.42. The highest BCUT2D eigenvalue weighted by Gasteiger charge is 2.18. The molecule has 3 heterocycles. The van der Waals surface area contributed by atoms with Crippen LogP contribution in [0.25, 0.3) is 11.0 Å². The number of carbonyl (C=O) groups excluding carboxylic acids is 1. The highest BCUT2D eigenvalue weighted by atomic mass is 16.5. The first-order chi connectivity index (χ1) is 16.0. The summed E-state index contributed by atoms with van der Waals surface area (Å²) in [7, 11) is 4.81. The van der Waals surface area contributed by atoms with E-state index in [1.807, 2.05) is 0 Å². The average Bonchev–Trinajstić information content (AvgIpc) is 3.14. The number of rotatable bonds is 2. The summed E-state index contributed by atoms with van der Waals surface area (Å²) in [5, 5.41) is 14.3. The van der Waals surface area contributed by atoms with Crippen LogP contribution >= 0.6 is 0 Å². The number of fused-ring (bicyclic) bond motifs is 2. The van der Waals surface area contributed by atoms with Gasteiger partial charge >= 0.3 is 0 Å². The fourth-order valence-electron chi connectivity index (χ4n) is 3.59. The van der Waals surface area contributed by atoms with Crippen LogP contribution in [0.15, 0.2) is 23.5 Å². The van der Waals surface area contributed by atoms with E-state index in [2.05, 4.69) is 25.3 Å². The van der Waals surface area contributed by atoms with Crippen LogP contribution in [0, 0.1) is 0 Å². The summed E-state index contributed by atoms with van der Waals surface area (Å²) >= 11 is 0. The minimum absolute atomic E-state index is 0.0131. The van der Waals surface area contributed by atoms with Gasteiger partial charge in [-0.05, 0) is 6.42 Å². The van der Waals surface area contributed by atoms with Gasteiger partial charge in [0, 0.05) is 44.9 Å². The Bertz CT molecular complexity index is 1190. The fraction of sp³-hybridized carbons (Fsp3) is 0.364. The van der Waals surface area contributed by atoms with Gasteiger partial charge in [-0.1, -0.05) is 0 Å². The van der Waals surface area contributed by atoms with Gasteiger partial charge in [0.1, 0.15) is 17.8 Å². The van der Waals surface area contributed by atoms with Crippen LogP contribution < -0.4 is 19.5 Å². The lowest BCUT2D eigenvalue weighted by atomic mass is 10.2. The molecule has 3 aromatic rings. The Kier molecular flexibility index (Phi) is 6.48. The van der Waals surface area contributed by atoms with E-state index in [4.69, 9.17) is 14.2 Å². The molecule has 0 saturated carbocycles. The van der Waals surface area contributed by atoms with Crippen LogP contribution in [0.1, 0.15) is 18.4 Å². The first-order valence-corrected chi connectivity index (χ1v) is 10.5. The zero-order valence-corrected chi connectivity index (χ0v) is 18.7. The van der Waals surface area contributed by atoms with E-state index < -0.39 is 0 Å². The molecule has 174 valence electrons. The van der Waals surface area contributed by atoms with Crippen molar-refractivity contribution in [3.8, 4) is 23.1 Å². The number of aromatic hydroxyl groups is 1. The van der Waals surface area contributed by atoms with Crippen molar-refractivity contribution in [2.45, 2.75) is 12.8 Å². The summed E-state index contributed by atoms with van der Waals surface area (Å²) in [5.74, 6) is 1.79. The SMILES string of the molecule is COc1cc2cc(c1OC)OCCCC(=O)N(C)CCNc1ncnc3[nH]c(O)c(c13)C=N2. The molecule has 11 heteroatoms. The molecule has 0 unspecified atom stereocenters. The minimum Gasteiger partial charge on any atom is -0.494 e. The van der Waals surface area contributed by atoms with E-state index in [-0.39, 0.29) is 11.8 Å². The Morgan fingerprint density at radius 2 is 2.06 bits per heavy atom. The van der Waals surface area contributed by atoms with Crippen molar-refractivity contribution in [3.63, 3.8) is 0 Å². The molecule has 1 aliphatic rings. The Hall–Kier alpha value is -4.02. The molecular weight excluding hydrogens is 428 g/mol. The quantitative estimate of drug-likeness (QED) is 0.538. The van der Waals surface area contributed by atoms with Crippen LogP contribution in [0.2, 0.25) is 0 Å². The van der Waals surface area contributed by atoms with Crippen LogP contribution in [-0.2, 0) is 4.79 Å². The number of nitrogens with zero attached hydrogens (tertiary/aromatic N) is 4. The minimum atomic E-state index is -0.0838. The molecule has 3 N–H and O–H groups in total. The van der Waals surface area contributed by atoms with Crippen molar-refractivity contribution < 1.29 is 24.1 Å². The van der Waals surface area contributed by atoms with Gasteiger partial charge < -0.3 is 34.5 Å². The Morgan fingerprint density at radius 3 is 2.85 bits per heavy atom. The van der Waals surface area contributed by atoms with Gasteiger partial charge in [0.15, 0.2) is 17.4 Å². The second kappa shape index (κ2) is 9.63. The first-order valence-electron chi connectivity index (χ1n) is 10.5. The molecule has 2 bridgehead atoms. The van der Waals surface area contributed by atoms with Crippen LogP contribution in [0.3, 0.4) is 0 Å². The number of aliphatic imine (C=N–C) groups is 1. The predicted molar refractivity (Wildman–Crippen MR) is 123 cm³/mol. The highest BCUT2D eigenvalue weighted by Crippen LogP contribution is 2.41. The number of H-pyrrole nitrogens is 1. The van der Waals surface area contributed by atoms with Gasteiger partial charge in [-0.3, -0.25) is 9.79 Å². The number of hydrogen-bond donors (Lipinski definition) is 3. The number of nitrogens with one attached hydrogen (secondary N) is 2. The lowest BCUT2D eigenvalue weighted by Gasteiger charge is -2.18. The normalized spacial score (nSPS) is 15.0. The van der Waals surface area contributed by atoms with Crippen molar-refractivity contribution in [1.29, 1.82) is 0 Å². The number of likely N-dealkylation sites (N-methyl/N-ethyl adjacent to an activating group) is 1. The summed E-state index contributed by atoms with van der Waals surface area (Å²) in [6.07, 6.45) is 3.82. The molecule has 1 aliphatic heterocycles. The van der Waals surface area contributed by atoms with Gasteiger partial charge in [-0.2, -0.15) is 0 Å². The number of carbonyl (C=O) groups is 1. The molecule has 0 saturated heterocycles. The molecule has 0 fully saturated rings. The molecule has 11 nitrogen and oxygen atoms in total. The van der Waals surface area contributed by atoms with Gasteiger partial charge in [-0.15, -0.1) is 0 Å². The Balaban J connectivity index is 1.80. The molecule has 0 spiro atoms. The zero-order valence-electron chi connectivity index (χ0n) is 18.7. The number of ether oxygens (including phenoxy) is 3. The molecule has 4 rings (SSSR count). The second-order valence-electron chi connectivity index (χ2n) is 7.46. The van der Waals surface area contributed by atoms with Gasteiger partial charge in [0.25, 0.3) is 0 Å². The van der Waals surface area contributed by atoms with Crippen molar-refractivity contribution in [2.75, 3.05) is 46.3 Å². The zero-order chi connectivity index (χ0) is 23.4. The maximum absolute atomic E-state index is 12.5. The van der Waals surface area contributed by atoms with Crippen molar-refractivity contribution >= 4 is 34.7 Å². The second-order valence-corrected chi connectivity index (χ2v) is 7.46. The third-order valence-electron chi connectivity index (χ3n) is 5.34. The predicted octanol–water partition coefficient (Wildman–Crippen LogP) is 2.47. The van der Waals surface area contributed by atoms with Crippen LogP contribution in [-0.4, -0.2) is 78.0 Å². The smallest absolute Gasteiger partial charge is 0.222 e. The maximum Gasteiger partial charge on any atom is 0.222 e. The largest absolute Gasteiger partial charge is 0.494 e. The van der Waals surface area contributed by atoms with E-state index >= 15 is 0 Å². The Morgan fingerprint density at radius 1 is 1.21 bits per heavy atom. The Labute approximate surface area is 190 Å². The fourth-order valence-corrected chi connectivity index (χ4v) is 3.59. The standard InChI is InChI=1S/C22H26N6O5/c1-28-7-6-23-20-18-14(22(30)27-21(18)26-12-25-20)11-24-13-9-15(31-2)19(32-3)16(10-13)33-8-4-5-17(28)29/h9-12,30H,4-8H2,1-3H3,(H2,23,25,26,27).